The van der Waals surface area contributed by atoms with Gasteiger partial charge in [-0.3, -0.25) is 14.3 Å². The topological polar surface area (TPSA) is 84.2 Å². The molecule has 2 N–H and O–H groups in total. The summed E-state index contributed by atoms with van der Waals surface area (Å²) in [4.78, 5) is 21.9. The second kappa shape index (κ2) is 6.29. The van der Waals surface area contributed by atoms with Crippen molar-refractivity contribution in [2.45, 2.75) is 25.6 Å². The zero-order valence-corrected chi connectivity index (χ0v) is 10.5. The number of hydrogen-bond acceptors (Lipinski definition) is 4. The van der Waals surface area contributed by atoms with E-state index in [0.717, 1.165) is 0 Å². The van der Waals surface area contributed by atoms with Gasteiger partial charge < -0.3 is 10.4 Å². The molecule has 1 aromatic rings. The molecule has 0 saturated heterocycles. The molecule has 0 aliphatic rings. The van der Waals surface area contributed by atoms with Gasteiger partial charge in [-0.25, -0.2) is 0 Å². The first-order valence-electron chi connectivity index (χ1n) is 5.13. The summed E-state index contributed by atoms with van der Waals surface area (Å²) in [7, 11) is 0. The zero-order valence-electron chi connectivity index (χ0n) is 9.71. The summed E-state index contributed by atoms with van der Waals surface area (Å²) >= 11 is 1.54. The van der Waals surface area contributed by atoms with Crippen molar-refractivity contribution in [2.75, 3.05) is 11.1 Å². The maximum atomic E-state index is 11.5. The summed E-state index contributed by atoms with van der Waals surface area (Å²) in [5, 5.41) is 15.4. The number of carboxylic acids is 1. The Morgan fingerprint density at radius 3 is 2.88 bits per heavy atom. The third kappa shape index (κ3) is 5.39. The monoisotopic (exact) mass is 257 g/mol. The highest BCUT2D eigenvalue weighted by molar-refractivity contribution is 8.00. The predicted molar refractivity (Wildman–Crippen MR) is 66.1 cm³/mol. The molecular weight excluding hydrogens is 242 g/mol. The number of anilines is 1. The normalized spacial score (nSPS) is 10.5. The van der Waals surface area contributed by atoms with E-state index in [1.54, 1.807) is 11.8 Å². The first-order valence-corrected chi connectivity index (χ1v) is 6.18. The van der Waals surface area contributed by atoms with Gasteiger partial charge in [0.25, 0.3) is 0 Å². The highest BCUT2D eigenvalue weighted by atomic mass is 32.2. The summed E-state index contributed by atoms with van der Waals surface area (Å²) in [6.07, 6.45) is 2.92. The highest BCUT2D eigenvalue weighted by Crippen LogP contribution is 2.10. The SMILES string of the molecule is CC(C)SCC(=O)Nc1cnn(CC(=O)O)c1. The number of aliphatic carboxylic acids is 1. The van der Waals surface area contributed by atoms with Crippen molar-refractivity contribution < 1.29 is 14.7 Å². The van der Waals surface area contributed by atoms with E-state index in [1.165, 1.54) is 17.1 Å². The van der Waals surface area contributed by atoms with Crippen LogP contribution < -0.4 is 5.32 Å². The van der Waals surface area contributed by atoms with E-state index >= 15 is 0 Å². The van der Waals surface area contributed by atoms with Gasteiger partial charge in [0.15, 0.2) is 0 Å². The van der Waals surface area contributed by atoms with E-state index in [0.29, 0.717) is 16.7 Å². The average Bonchev–Trinajstić information content (AvgIpc) is 2.61. The Morgan fingerprint density at radius 1 is 1.59 bits per heavy atom. The molecule has 1 aromatic heterocycles. The summed E-state index contributed by atoms with van der Waals surface area (Å²) in [6, 6.07) is 0. The van der Waals surface area contributed by atoms with Crippen LogP contribution in [-0.2, 0) is 16.1 Å². The largest absolute Gasteiger partial charge is 0.480 e. The Balaban J connectivity index is 2.43. The van der Waals surface area contributed by atoms with Crippen LogP contribution in [-0.4, -0.2) is 37.8 Å². The van der Waals surface area contributed by atoms with Crippen LogP contribution in [0.1, 0.15) is 13.8 Å². The Labute approximate surface area is 103 Å². The fourth-order valence-corrected chi connectivity index (χ4v) is 1.65. The van der Waals surface area contributed by atoms with Crippen molar-refractivity contribution in [2.24, 2.45) is 0 Å². The van der Waals surface area contributed by atoms with Gasteiger partial charge in [0.1, 0.15) is 6.54 Å². The van der Waals surface area contributed by atoms with Gasteiger partial charge >= 0.3 is 5.97 Å². The zero-order chi connectivity index (χ0) is 12.8. The molecule has 0 fully saturated rings. The molecule has 1 heterocycles. The van der Waals surface area contributed by atoms with Gasteiger partial charge in [-0.2, -0.15) is 5.10 Å². The molecule has 0 saturated carbocycles. The summed E-state index contributed by atoms with van der Waals surface area (Å²) < 4.78 is 1.26. The Kier molecular flexibility index (Phi) is 5.02. The van der Waals surface area contributed by atoms with Crippen LogP contribution in [0.2, 0.25) is 0 Å². The van der Waals surface area contributed by atoms with E-state index in [9.17, 15) is 9.59 Å². The lowest BCUT2D eigenvalue weighted by atomic mass is 10.5. The molecule has 0 aliphatic heterocycles. The number of amides is 1. The molecule has 6 nitrogen and oxygen atoms in total. The molecule has 1 rings (SSSR count). The van der Waals surface area contributed by atoms with Crippen molar-refractivity contribution in [1.29, 1.82) is 0 Å². The number of nitrogens with zero attached hydrogens (tertiary/aromatic N) is 2. The highest BCUT2D eigenvalue weighted by Gasteiger charge is 2.07. The fourth-order valence-electron chi connectivity index (χ4n) is 1.09. The van der Waals surface area contributed by atoms with Gasteiger partial charge in [-0.1, -0.05) is 13.8 Å². The van der Waals surface area contributed by atoms with E-state index in [4.69, 9.17) is 5.11 Å². The lowest BCUT2D eigenvalue weighted by Gasteiger charge is -2.04. The predicted octanol–water partition coefficient (Wildman–Crippen LogP) is 1.05. The third-order valence-corrected chi connectivity index (χ3v) is 2.86. The molecule has 7 heteroatoms. The molecule has 0 bridgehead atoms. The molecule has 0 spiro atoms. The molecule has 0 aromatic carbocycles. The van der Waals surface area contributed by atoms with Crippen LogP contribution in [0.4, 0.5) is 5.69 Å². The molecule has 0 aliphatic carbocycles. The van der Waals surface area contributed by atoms with Crippen LogP contribution in [0.5, 0.6) is 0 Å². The molecule has 0 radical (unpaired) electrons. The first-order chi connectivity index (χ1) is 7.97. The summed E-state index contributed by atoms with van der Waals surface area (Å²) in [5.74, 6) is -0.707. The van der Waals surface area contributed by atoms with Crippen molar-refractivity contribution in [3.05, 3.63) is 12.4 Å². The maximum Gasteiger partial charge on any atom is 0.325 e. The Hall–Kier alpha value is -1.50. The number of rotatable bonds is 6. The Morgan fingerprint density at radius 2 is 2.29 bits per heavy atom. The van der Waals surface area contributed by atoms with Crippen LogP contribution in [0, 0.1) is 0 Å². The van der Waals surface area contributed by atoms with Crippen molar-refractivity contribution >= 4 is 29.3 Å². The minimum atomic E-state index is -0.971. The van der Waals surface area contributed by atoms with Crippen LogP contribution in [0.3, 0.4) is 0 Å². The van der Waals surface area contributed by atoms with E-state index < -0.39 is 5.97 Å². The lowest BCUT2D eigenvalue weighted by molar-refractivity contribution is -0.137. The molecule has 1 amide bonds. The van der Waals surface area contributed by atoms with Crippen LogP contribution >= 0.6 is 11.8 Å². The summed E-state index contributed by atoms with van der Waals surface area (Å²) in [5.41, 5.74) is 0.514. The van der Waals surface area contributed by atoms with Gasteiger partial charge in [0, 0.05) is 6.20 Å². The fraction of sp³-hybridized carbons (Fsp3) is 0.500. The van der Waals surface area contributed by atoms with Crippen LogP contribution in [0.25, 0.3) is 0 Å². The smallest absolute Gasteiger partial charge is 0.325 e. The van der Waals surface area contributed by atoms with E-state index in [2.05, 4.69) is 10.4 Å². The van der Waals surface area contributed by atoms with Crippen molar-refractivity contribution in [3.63, 3.8) is 0 Å². The molecule has 17 heavy (non-hydrogen) atoms. The number of carbonyl (C=O) groups is 2. The average molecular weight is 257 g/mol. The summed E-state index contributed by atoms with van der Waals surface area (Å²) in [6.45, 7) is 3.82. The number of carboxylic acid groups (broad SMARTS) is 1. The van der Waals surface area contributed by atoms with Crippen molar-refractivity contribution in [1.82, 2.24) is 9.78 Å². The second-order valence-corrected chi connectivity index (χ2v) is 5.29. The number of aromatic nitrogens is 2. The van der Waals surface area contributed by atoms with Crippen LogP contribution in [0.15, 0.2) is 12.4 Å². The first kappa shape index (κ1) is 13.6. The standard InChI is InChI=1S/C10H15N3O3S/c1-7(2)17-6-9(14)12-8-3-11-13(4-8)5-10(15)16/h3-4,7H,5-6H2,1-2H3,(H,12,14)(H,15,16). The van der Waals surface area contributed by atoms with Gasteiger partial charge in [0.2, 0.25) is 5.91 Å². The maximum absolute atomic E-state index is 11.5. The minimum Gasteiger partial charge on any atom is -0.480 e. The molecule has 0 unspecified atom stereocenters. The van der Waals surface area contributed by atoms with Crippen molar-refractivity contribution in [3.8, 4) is 0 Å². The molecule has 0 atom stereocenters. The third-order valence-electron chi connectivity index (χ3n) is 1.76. The number of thioether (sulfide) groups is 1. The number of carbonyl (C=O) groups excluding carboxylic acids is 1. The van der Waals surface area contributed by atoms with E-state index in [1.807, 2.05) is 13.8 Å². The van der Waals surface area contributed by atoms with Gasteiger partial charge in [-0.15, -0.1) is 11.8 Å². The second-order valence-electron chi connectivity index (χ2n) is 3.73. The van der Waals surface area contributed by atoms with E-state index in [-0.39, 0.29) is 12.5 Å². The van der Waals surface area contributed by atoms with Gasteiger partial charge in [-0.05, 0) is 5.25 Å². The Bertz CT molecular complexity index is 403. The molecule has 94 valence electrons. The number of nitrogens with one attached hydrogen (secondary N) is 1. The van der Waals surface area contributed by atoms with Gasteiger partial charge in [0.05, 0.1) is 17.6 Å². The molecular formula is C10H15N3O3S. The minimum absolute atomic E-state index is 0.112. The lowest BCUT2D eigenvalue weighted by Crippen LogP contribution is -2.15. The quantitative estimate of drug-likeness (QED) is 0.795. The number of hydrogen-bond donors (Lipinski definition) is 2.